The fourth-order valence-electron chi connectivity index (χ4n) is 2.65. The number of hydrogen-bond donors (Lipinski definition) is 3. The lowest BCUT2D eigenvalue weighted by atomic mass is 10.2. The fourth-order valence-corrected chi connectivity index (χ4v) is 4.23. The van der Waals surface area contributed by atoms with Crippen molar-refractivity contribution in [1.29, 1.82) is 0 Å². The minimum absolute atomic E-state index is 0.0448. The summed E-state index contributed by atoms with van der Waals surface area (Å²) in [5.41, 5.74) is -0.353. The highest BCUT2D eigenvalue weighted by atomic mass is 32.2. The van der Waals surface area contributed by atoms with E-state index in [-0.39, 0.29) is 29.1 Å². The molecule has 0 aliphatic heterocycles. The van der Waals surface area contributed by atoms with E-state index in [9.17, 15) is 17.6 Å². The third kappa shape index (κ3) is 4.42. The first-order valence-electron chi connectivity index (χ1n) is 8.45. The number of amides is 1. The van der Waals surface area contributed by atoms with Crippen molar-refractivity contribution in [2.75, 3.05) is 0 Å². The molecule has 8 nitrogen and oxygen atoms in total. The fraction of sp³-hybridized carbons (Fsp3) is 0.438. The van der Waals surface area contributed by atoms with E-state index in [0.717, 1.165) is 31.0 Å². The minimum atomic E-state index is -3.84. The monoisotopic (exact) mass is 413 g/mol. The van der Waals surface area contributed by atoms with Crippen LogP contribution in [0.15, 0.2) is 23.1 Å². The Balaban J connectivity index is 1.79. The number of carbonyl (C=O) groups excluding carboxylic acids is 1. The Labute approximate surface area is 161 Å². The zero-order valence-corrected chi connectivity index (χ0v) is 16.5. The summed E-state index contributed by atoms with van der Waals surface area (Å²) in [7, 11) is -3.84. The van der Waals surface area contributed by atoms with Crippen LogP contribution in [0.2, 0.25) is 0 Å². The van der Waals surface area contributed by atoms with Gasteiger partial charge in [-0.25, -0.2) is 17.5 Å². The molecule has 0 spiro atoms. The third-order valence-electron chi connectivity index (χ3n) is 3.98. The first-order chi connectivity index (χ1) is 12.7. The van der Waals surface area contributed by atoms with Gasteiger partial charge in [0, 0.05) is 12.1 Å². The van der Waals surface area contributed by atoms with Crippen molar-refractivity contribution in [3.8, 4) is 0 Å². The van der Waals surface area contributed by atoms with Gasteiger partial charge < -0.3 is 5.32 Å². The van der Waals surface area contributed by atoms with E-state index >= 15 is 0 Å². The molecule has 27 heavy (non-hydrogen) atoms. The van der Waals surface area contributed by atoms with Gasteiger partial charge in [-0.15, -0.1) is 0 Å². The van der Waals surface area contributed by atoms with Gasteiger partial charge in [0.05, 0.1) is 17.0 Å². The van der Waals surface area contributed by atoms with E-state index in [1.54, 1.807) is 13.8 Å². The molecule has 1 fully saturated rings. The highest BCUT2D eigenvalue weighted by molar-refractivity contribution is 7.89. The Kier molecular flexibility index (Phi) is 5.45. The van der Waals surface area contributed by atoms with Crippen LogP contribution in [0.25, 0.3) is 0 Å². The van der Waals surface area contributed by atoms with Crippen LogP contribution in [-0.2, 0) is 16.6 Å². The molecule has 0 radical (unpaired) electrons. The van der Waals surface area contributed by atoms with Crippen LogP contribution in [0.1, 0.15) is 48.9 Å². The average Bonchev–Trinajstić information content (AvgIpc) is 3.34. The van der Waals surface area contributed by atoms with E-state index < -0.39 is 21.7 Å². The molecule has 1 aliphatic rings. The van der Waals surface area contributed by atoms with Gasteiger partial charge in [-0.3, -0.25) is 14.5 Å². The maximum atomic E-state index is 14.1. The standard InChI is InChI=1S/C16H20FN5O3S2/c1-9(2)21-27(24,25)11-5-6-13(17)12(7-11)15(23)18-8-14-19-20-16(26)22(14)10-3-4-10/h5-7,9-10,21H,3-4,8H2,1-2H3,(H,18,23)(H,20,26). The van der Waals surface area contributed by atoms with Gasteiger partial charge in [-0.2, -0.15) is 5.10 Å². The third-order valence-corrected chi connectivity index (χ3v) is 5.92. The predicted molar refractivity (Wildman–Crippen MR) is 98.7 cm³/mol. The Morgan fingerprint density at radius 3 is 2.78 bits per heavy atom. The maximum absolute atomic E-state index is 14.1. The van der Waals surface area contributed by atoms with E-state index in [4.69, 9.17) is 12.2 Å². The normalized spacial score (nSPS) is 14.5. The Morgan fingerprint density at radius 1 is 1.44 bits per heavy atom. The van der Waals surface area contributed by atoms with Crippen molar-refractivity contribution >= 4 is 28.1 Å². The van der Waals surface area contributed by atoms with Gasteiger partial charge in [0.1, 0.15) is 5.82 Å². The first kappa shape index (κ1) is 19.6. The molecule has 11 heteroatoms. The van der Waals surface area contributed by atoms with Gasteiger partial charge in [-0.1, -0.05) is 0 Å². The number of nitrogens with one attached hydrogen (secondary N) is 3. The number of carbonyl (C=O) groups is 1. The summed E-state index contributed by atoms with van der Waals surface area (Å²) in [6.45, 7) is 3.38. The number of hydrogen-bond acceptors (Lipinski definition) is 5. The van der Waals surface area contributed by atoms with E-state index in [1.807, 2.05) is 4.57 Å². The largest absolute Gasteiger partial charge is 0.345 e. The van der Waals surface area contributed by atoms with Crippen LogP contribution >= 0.6 is 12.2 Å². The van der Waals surface area contributed by atoms with Gasteiger partial charge in [0.25, 0.3) is 5.91 Å². The van der Waals surface area contributed by atoms with Crippen LogP contribution < -0.4 is 10.0 Å². The first-order valence-corrected chi connectivity index (χ1v) is 10.3. The van der Waals surface area contributed by atoms with Gasteiger partial charge >= 0.3 is 0 Å². The number of aromatic nitrogens is 3. The van der Waals surface area contributed by atoms with Crippen molar-refractivity contribution < 1.29 is 17.6 Å². The number of nitrogens with zero attached hydrogens (tertiary/aromatic N) is 2. The predicted octanol–water partition coefficient (Wildman–Crippen LogP) is 2.03. The smallest absolute Gasteiger partial charge is 0.254 e. The van der Waals surface area contributed by atoms with Crippen LogP contribution in [0, 0.1) is 10.6 Å². The molecule has 0 bridgehead atoms. The lowest BCUT2D eigenvalue weighted by Crippen LogP contribution is -2.31. The SMILES string of the molecule is CC(C)NS(=O)(=O)c1ccc(F)c(C(=O)NCc2n[nH]c(=S)n2C2CC2)c1. The zero-order chi connectivity index (χ0) is 19.8. The zero-order valence-electron chi connectivity index (χ0n) is 14.8. The molecule has 1 aliphatic carbocycles. The summed E-state index contributed by atoms with van der Waals surface area (Å²) in [5, 5.41) is 9.34. The molecular formula is C16H20FN5O3S2. The minimum Gasteiger partial charge on any atom is -0.345 e. The number of benzene rings is 1. The summed E-state index contributed by atoms with van der Waals surface area (Å²) in [4.78, 5) is 12.2. The van der Waals surface area contributed by atoms with Crippen molar-refractivity contribution in [3.05, 3.63) is 40.2 Å². The van der Waals surface area contributed by atoms with Crippen molar-refractivity contribution in [2.24, 2.45) is 0 Å². The molecule has 2 aromatic rings. The molecule has 3 rings (SSSR count). The Hall–Kier alpha value is -2.11. The molecule has 146 valence electrons. The van der Waals surface area contributed by atoms with E-state index in [0.29, 0.717) is 10.6 Å². The molecule has 0 unspecified atom stereocenters. The van der Waals surface area contributed by atoms with Crippen molar-refractivity contribution in [1.82, 2.24) is 24.8 Å². The number of halogens is 1. The molecule has 1 heterocycles. The molecule has 1 saturated carbocycles. The van der Waals surface area contributed by atoms with Crippen LogP contribution in [-0.4, -0.2) is 35.1 Å². The quantitative estimate of drug-likeness (QED) is 0.602. The number of H-pyrrole nitrogens is 1. The summed E-state index contributed by atoms with van der Waals surface area (Å²) in [6, 6.07) is 3.05. The molecule has 3 N–H and O–H groups in total. The molecule has 0 saturated heterocycles. The maximum Gasteiger partial charge on any atom is 0.254 e. The highest BCUT2D eigenvalue weighted by Crippen LogP contribution is 2.35. The second-order valence-corrected chi connectivity index (χ2v) is 8.75. The van der Waals surface area contributed by atoms with Gasteiger partial charge in [0.15, 0.2) is 10.6 Å². The summed E-state index contributed by atoms with van der Waals surface area (Å²) < 4.78 is 43.3. The summed E-state index contributed by atoms with van der Waals surface area (Å²) in [6.07, 6.45) is 1.98. The van der Waals surface area contributed by atoms with Gasteiger partial charge in [-0.05, 0) is 57.1 Å². The van der Waals surface area contributed by atoms with E-state index in [2.05, 4.69) is 20.2 Å². The highest BCUT2D eigenvalue weighted by Gasteiger charge is 2.27. The molecule has 1 aromatic heterocycles. The van der Waals surface area contributed by atoms with Crippen LogP contribution in [0.4, 0.5) is 4.39 Å². The topological polar surface area (TPSA) is 109 Å². The molecule has 0 atom stereocenters. The average molecular weight is 414 g/mol. The van der Waals surface area contributed by atoms with Crippen LogP contribution in [0.3, 0.4) is 0 Å². The Morgan fingerprint density at radius 2 is 2.15 bits per heavy atom. The summed E-state index contributed by atoms with van der Waals surface area (Å²) >= 11 is 5.17. The van der Waals surface area contributed by atoms with E-state index in [1.165, 1.54) is 0 Å². The van der Waals surface area contributed by atoms with Crippen molar-refractivity contribution in [3.63, 3.8) is 0 Å². The number of sulfonamides is 1. The van der Waals surface area contributed by atoms with Gasteiger partial charge in [0.2, 0.25) is 10.0 Å². The number of rotatable bonds is 7. The molecule has 1 aromatic carbocycles. The summed E-state index contributed by atoms with van der Waals surface area (Å²) in [5.74, 6) is -0.996. The second-order valence-electron chi connectivity index (χ2n) is 6.65. The van der Waals surface area contributed by atoms with Crippen LogP contribution in [0.5, 0.6) is 0 Å². The lowest BCUT2D eigenvalue weighted by Gasteiger charge is -2.12. The van der Waals surface area contributed by atoms with Crippen molar-refractivity contribution in [2.45, 2.75) is 50.2 Å². The number of aromatic amines is 1. The molecular weight excluding hydrogens is 393 g/mol. The molecule has 1 amide bonds. The lowest BCUT2D eigenvalue weighted by molar-refractivity contribution is 0.0945. The second kappa shape index (κ2) is 7.49. The Bertz CT molecular complexity index is 1020.